The Balaban J connectivity index is 1.45. The molecule has 1 fully saturated rings. The summed E-state index contributed by atoms with van der Waals surface area (Å²) in [6, 6.07) is 5.08. The first-order chi connectivity index (χ1) is 15.4. The van der Waals surface area contributed by atoms with Gasteiger partial charge in [-0.3, -0.25) is 4.79 Å². The number of aromatic nitrogens is 4. The summed E-state index contributed by atoms with van der Waals surface area (Å²) in [7, 11) is -1.63. The topological polar surface area (TPSA) is 110 Å². The van der Waals surface area contributed by atoms with Crippen molar-refractivity contribution in [1.82, 2.24) is 24.1 Å². The lowest BCUT2D eigenvalue weighted by Crippen LogP contribution is -2.35. The molecule has 1 amide bonds. The van der Waals surface area contributed by atoms with Gasteiger partial charge in [0.05, 0.1) is 15.9 Å². The maximum Gasteiger partial charge on any atom is 0.243 e. The van der Waals surface area contributed by atoms with Crippen LogP contribution in [-0.2, 0) is 34.7 Å². The molecule has 1 saturated heterocycles. The van der Waals surface area contributed by atoms with Crippen LogP contribution < -0.4 is 5.32 Å². The molecule has 0 unspecified atom stereocenters. The van der Waals surface area contributed by atoms with E-state index in [-0.39, 0.29) is 17.2 Å². The zero-order valence-corrected chi connectivity index (χ0v) is 20.0. The molecule has 32 heavy (non-hydrogen) atoms. The number of piperidine rings is 1. The van der Waals surface area contributed by atoms with Crippen LogP contribution in [0.25, 0.3) is 11.0 Å². The average molecular weight is 477 g/mol. The number of aryl methyl sites for hydroxylation is 3. The molecule has 2 aromatic heterocycles. The molecule has 1 aliphatic rings. The molecule has 0 spiro atoms. The van der Waals surface area contributed by atoms with Crippen LogP contribution in [-0.4, -0.2) is 51.5 Å². The fourth-order valence-corrected chi connectivity index (χ4v) is 6.29. The summed E-state index contributed by atoms with van der Waals surface area (Å²) in [5.74, 6) is 0.580. The quantitative estimate of drug-likeness (QED) is 0.535. The Morgan fingerprint density at radius 3 is 2.69 bits per heavy atom. The van der Waals surface area contributed by atoms with Crippen molar-refractivity contribution < 1.29 is 13.2 Å². The first-order valence-corrected chi connectivity index (χ1v) is 13.2. The van der Waals surface area contributed by atoms with E-state index in [1.807, 2.05) is 11.6 Å². The van der Waals surface area contributed by atoms with E-state index in [1.54, 1.807) is 22.5 Å². The number of carbonyl (C=O) groups is 1. The third kappa shape index (κ3) is 4.84. The smallest absolute Gasteiger partial charge is 0.243 e. The van der Waals surface area contributed by atoms with Gasteiger partial charge in [-0.2, -0.15) is 4.31 Å². The summed E-state index contributed by atoms with van der Waals surface area (Å²) in [6.07, 6.45) is 5.38. The van der Waals surface area contributed by atoms with E-state index in [4.69, 9.17) is 0 Å². The van der Waals surface area contributed by atoms with Crippen molar-refractivity contribution >= 4 is 43.4 Å². The zero-order valence-electron chi connectivity index (χ0n) is 18.4. The standard InChI is InChI=1S/C21H28N6O3S2/c1-3-7-20-24-25-21(31-20)23-19(28)11-10-18-22-16-14-15(8-9-17(16)26(18)2)32(29,30)27-12-5-4-6-13-27/h8-9,14H,3-7,10-13H2,1-2H3,(H,23,25,28). The molecule has 3 heterocycles. The van der Waals surface area contributed by atoms with E-state index in [1.165, 1.54) is 11.3 Å². The van der Waals surface area contributed by atoms with Gasteiger partial charge in [-0.05, 0) is 37.5 Å². The molecule has 0 radical (unpaired) electrons. The highest BCUT2D eigenvalue weighted by Crippen LogP contribution is 2.25. The van der Waals surface area contributed by atoms with Crippen LogP contribution in [0.3, 0.4) is 0 Å². The minimum absolute atomic E-state index is 0.149. The molecule has 0 aliphatic carbocycles. The van der Waals surface area contributed by atoms with E-state index in [2.05, 4.69) is 27.4 Å². The Morgan fingerprint density at radius 2 is 1.94 bits per heavy atom. The number of benzene rings is 1. The number of anilines is 1. The fraction of sp³-hybridized carbons (Fsp3) is 0.524. The second kappa shape index (κ2) is 9.63. The summed E-state index contributed by atoms with van der Waals surface area (Å²) in [5, 5.41) is 12.3. The van der Waals surface area contributed by atoms with Gasteiger partial charge in [-0.25, -0.2) is 13.4 Å². The number of sulfonamides is 1. The van der Waals surface area contributed by atoms with Crippen molar-refractivity contribution in [1.29, 1.82) is 0 Å². The van der Waals surface area contributed by atoms with Crippen LogP contribution in [0.2, 0.25) is 0 Å². The van der Waals surface area contributed by atoms with Gasteiger partial charge in [-0.15, -0.1) is 10.2 Å². The minimum atomic E-state index is -3.51. The third-order valence-electron chi connectivity index (χ3n) is 5.65. The molecular weight excluding hydrogens is 448 g/mol. The number of rotatable bonds is 8. The summed E-state index contributed by atoms with van der Waals surface area (Å²) in [5.41, 5.74) is 1.46. The molecule has 0 bridgehead atoms. The van der Waals surface area contributed by atoms with Crippen LogP contribution in [0.1, 0.15) is 49.9 Å². The number of nitrogens with one attached hydrogen (secondary N) is 1. The van der Waals surface area contributed by atoms with Crippen LogP contribution >= 0.6 is 11.3 Å². The van der Waals surface area contributed by atoms with Crippen LogP contribution in [0, 0.1) is 0 Å². The van der Waals surface area contributed by atoms with Crippen molar-refractivity contribution in [2.75, 3.05) is 18.4 Å². The Kier molecular flexibility index (Phi) is 6.87. The number of fused-ring (bicyclic) bond motifs is 1. The maximum absolute atomic E-state index is 13.0. The Hall–Kier alpha value is -2.37. The molecule has 1 aromatic carbocycles. The van der Waals surface area contributed by atoms with Crippen LogP contribution in [0.4, 0.5) is 5.13 Å². The highest BCUT2D eigenvalue weighted by molar-refractivity contribution is 7.89. The number of amides is 1. The van der Waals surface area contributed by atoms with Gasteiger partial charge < -0.3 is 9.88 Å². The molecule has 0 saturated carbocycles. The summed E-state index contributed by atoms with van der Waals surface area (Å²) in [4.78, 5) is 17.2. The van der Waals surface area contributed by atoms with E-state index in [9.17, 15) is 13.2 Å². The van der Waals surface area contributed by atoms with E-state index in [0.29, 0.717) is 30.2 Å². The molecule has 172 valence electrons. The first kappa shape index (κ1) is 22.8. The largest absolute Gasteiger partial charge is 0.331 e. The molecule has 4 rings (SSSR count). The molecule has 1 N–H and O–H groups in total. The number of carbonyl (C=O) groups excluding carboxylic acids is 1. The van der Waals surface area contributed by atoms with Gasteiger partial charge in [0.25, 0.3) is 0 Å². The van der Waals surface area contributed by atoms with Crippen molar-refractivity contribution in [3.05, 3.63) is 29.0 Å². The van der Waals surface area contributed by atoms with Gasteiger partial charge in [0, 0.05) is 39.4 Å². The molecule has 11 heteroatoms. The molecule has 0 atom stereocenters. The predicted octanol–water partition coefficient (Wildman–Crippen LogP) is 3.12. The average Bonchev–Trinajstić information content (AvgIpc) is 3.36. The van der Waals surface area contributed by atoms with Gasteiger partial charge >= 0.3 is 0 Å². The minimum Gasteiger partial charge on any atom is -0.331 e. The summed E-state index contributed by atoms with van der Waals surface area (Å²) < 4.78 is 29.4. The molecule has 3 aromatic rings. The number of nitrogens with zero attached hydrogens (tertiary/aromatic N) is 5. The maximum atomic E-state index is 13.0. The van der Waals surface area contributed by atoms with Crippen LogP contribution in [0.5, 0.6) is 0 Å². The van der Waals surface area contributed by atoms with Gasteiger partial charge in [0.15, 0.2) is 0 Å². The second-order valence-electron chi connectivity index (χ2n) is 8.00. The lowest BCUT2D eigenvalue weighted by atomic mass is 10.2. The monoisotopic (exact) mass is 476 g/mol. The van der Waals surface area contributed by atoms with Crippen LogP contribution in [0.15, 0.2) is 23.1 Å². The van der Waals surface area contributed by atoms with Crippen molar-refractivity contribution in [3.8, 4) is 0 Å². The van der Waals surface area contributed by atoms with E-state index < -0.39 is 10.0 Å². The van der Waals surface area contributed by atoms with Crippen molar-refractivity contribution in [2.24, 2.45) is 7.05 Å². The lowest BCUT2D eigenvalue weighted by molar-refractivity contribution is -0.116. The Bertz CT molecular complexity index is 1210. The molecular formula is C21H28N6O3S2. The predicted molar refractivity (Wildman–Crippen MR) is 124 cm³/mol. The highest BCUT2D eigenvalue weighted by atomic mass is 32.2. The van der Waals surface area contributed by atoms with E-state index in [0.717, 1.165) is 48.5 Å². The number of hydrogen-bond acceptors (Lipinski definition) is 7. The van der Waals surface area contributed by atoms with Gasteiger partial charge in [-0.1, -0.05) is 24.7 Å². The number of imidazole rings is 1. The molecule has 9 nitrogen and oxygen atoms in total. The second-order valence-corrected chi connectivity index (χ2v) is 11.0. The Morgan fingerprint density at radius 1 is 1.16 bits per heavy atom. The fourth-order valence-electron chi connectivity index (χ4n) is 3.89. The lowest BCUT2D eigenvalue weighted by Gasteiger charge is -2.25. The normalized spacial score (nSPS) is 15.3. The van der Waals surface area contributed by atoms with Gasteiger partial charge in [0.1, 0.15) is 10.8 Å². The Labute approximate surface area is 191 Å². The SMILES string of the molecule is CCCc1nnc(NC(=O)CCc2nc3cc(S(=O)(=O)N4CCCCC4)ccc3n2C)s1. The van der Waals surface area contributed by atoms with Crippen molar-refractivity contribution in [2.45, 2.75) is 56.8 Å². The summed E-state index contributed by atoms with van der Waals surface area (Å²) >= 11 is 1.39. The van der Waals surface area contributed by atoms with Gasteiger partial charge in [0.2, 0.25) is 21.1 Å². The summed E-state index contributed by atoms with van der Waals surface area (Å²) in [6.45, 7) is 3.21. The van der Waals surface area contributed by atoms with Crippen molar-refractivity contribution in [3.63, 3.8) is 0 Å². The third-order valence-corrected chi connectivity index (χ3v) is 8.44. The molecule has 1 aliphatic heterocycles. The zero-order chi connectivity index (χ0) is 22.7. The first-order valence-electron chi connectivity index (χ1n) is 11.0. The number of hydrogen-bond donors (Lipinski definition) is 1. The highest BCUT2D eigenvalue weighted by Gasteiger charge is 2.26. The van der Waals surface area contributed by atoms with E-state index >= 15 is 0 Å².